The standard InChI is InChI=1S/C12H18N6O2S2/c1-7(19)16-10(17-8(2)20)3-4-22-11(18-12(13)14)9-5-21-6-15-9/h5-6,11H,3-4H2,1-2H3,(H4,13,14,18)(H,16,17,19,20). The monoisotopic (exact) mass is 342 g/mol. The van der Waals surface area contributed by atoms with Crippen molar-refractivity contribution in [3.63, 3.8) is 0 Å². The zero-order chi connectivity index (χ0) is 16.5. The number of hydrogen-bond donors (Lipinski definition) is 3. The summed E-state index contributed by atoms with van der Waals surface area (Å²) >= 11 is 2.89. The molecule has 8 nitrogen and oxygen atoms in total. The number of amidine groups is 1. The van der Waals surface area contributed by atoms with Gasteiger partial charge in [0.1, 0.15) is 11.2 Å². The number of nitrogens with two attached hydrogens (primary N) is 2. The Labute approximate surface area is 136 Å². The molecule has 0 aliphatic heterocycles. The summed E-state index contributed by atoms with van der Waals surface area (Å²) in [5.41, 5.74) is 13.3. The summed E-state index contributed by atoms with van der Waals surface area (Å²) in [6, 6.07) is 0. The van der Waals surface area contributed by atoms with Gasteiger partial charge in [-0.1, -0.05) is 0 Å². The number of guanidine groups is 1. The van der Waals surface area contributed by atoms with Gasteiger partial charge in [0, 0.05) is 31.4 Å². The fraction of sp³-hybridized carbons (Fsp3) is 0.417. The lowest BCUT2D eigenvalue weighted by molar-refractivity contribution is -0.117. The molecule has 0 aliphatic rings. The van der Waals surface area contributed by atoms with Crippen molar-refractivity contribution in [3.8, 4) is 0 Å². The molecule has 0 spiro atoms. The Hall–Kier alpha value is -1.94. The van der Waals surface area contributed by atoms with Gasteiger partial charge >= 0.3 is 0 Å². The molecule has 0 aliphatic carbocycles. The van der Waals surface area contributed by atoms with E-state index in [1.165, 1.54) is 36.9 Å². The third-order valence-electron chi connectivity index (χ3n) is 2.20. The van der Waals surface area contributed by atoms with Crippen molar-refractivity contribution < 1.29 is 9.59 Å². The van der Waals surface area contributed by atoms with E-state index in [4.69, 9.17) is 11.5 Å². The number of nitrogens with one attached hydrogen (secondary N) is 1. The van der Waals surface area contributed by atoms with Crippen LogP contribution in [0.2, 0.25) is 0 Å². The first kappa shape index (κ1) is 18.1. The Morgan fingerprint density at radius 2 is 2.18 bits per heavy atom. The Bertz CT molecular complexity index is 566. The van der Waals surface area contributed by atoms with Crippen LogP contribution in [0, 0.1) is 0 Å². The molecule has 1 unspecified atom stereocenters. The van der Waals surface area contributed by atoms with Crippen molar-refractivity contribution in [2.75, 3.05) is 5.75 Å². The number of carbonyl (C=O) groups is 2. The van der Waals surface area contributed by atoms with Gasteiger partial charge in [-0.25, -0.2) is 15.0 Å². The summed E-state index contributed by atoms with van der Waals surface area (Å²) in [6.07, 6.45) is 0.407. The smallest absolute Gasteiger partial charge is 0.244 e. The van der Waals surface area contributed by atoms with Crippen molar-refractivity contribution in [1.29, 1.82) is 0 Å². The zero-order valence-corrected chi connectivity index (χ0v) is 13.9. The van der Waals surface area contributed by atoms with Crippen LogP contribution in [0.25, 0.3) is 0 Å². The summed E-state index contributed by atoms with van der Waals surface area (Å²) < 4.78 is 0. The highest BCUT2D eigenvalue weighted by Crippen LogP contribution is 2.30. The average Bonchev–Trinajstić information content (AvgIpc) is 2.89. The summed E-state index contributed by atoms with van der Waals surface area (Å²) in [6.45, 7) is 2.69. The molecule has 10 heteroatoms. The van der Waals surface area contributed by atoms with E-state index in [0.717, 1.165) is 5.69 Å². The largest absolute Gasteiger partial charge is 0.370 e. The maximum absolute atomic E-state index is 11.1. The molecule has 0 saturated heterocycles. The first-order valence-electron chi connectivity index (χ1n) is 6.32. The fourth-order valence-electron chi connectivity index (χ4n) is 1.47. The van der Waals surface area contributed by atoms with Crippen molar-refractivity contribution in [2.24, 2.45) is 21.5 Å². The van der Waals surface area contributed by atoms with Crippen LogP contribution in [0.4, 0.5) is 0 Å². The van der Waals surface area contributed by atoms with Crippen LogP contribution in [0.3, 0.4) is 0 Å². The molecular weight excluding hydrogens is 324 g/mol. The molecule has 0 aromatic carbocycles. The van der Waals surface area contributed by atoms with E-state index in [0.29, 0.717) is 18.0 Å². The lowest BCUT2D eigenvalue weighted by atomic mass is 10.4. The van der Waals surface area contributed by atoms with Crippen LogP contribution >= 0.6 is 23.1 Å². The number of hydrogen-bond acceptors (Lipinski definition) is 6. The number of aromatic nitrogens is 1. The summed E-state index contributed by atoms with van der Waals surface area (Å²) in [4.78, 5) is 34.2. The van der Waals surface area contributed by atoms with Crippen LogP contribution < -0.4 is 16.8 Å². The van der Waals surface area contributed by atoms with Gasteiger partial charge in [0.05, 0.1) is 11.2 Å². The number of aliphatic imine (C=N–C) groups is 2. The maximum Gasteiger partial charge on any atom is 0.244 e. The Balaban J connectivity index is 2.66. The van der Waals surface area contributed by atoms with Gasteiger partial charge in [-0.2, -0.15) is 0 Å². The van der Waals surface area contributed by atoms with E-state index in [1.54, 1.807) is 5.51 Å². The van der Waals surface area contributed by atoms with E-state index < -0.39 is 0 Å². The lowest BCUT2D eigenvalue weighted by Gasteiger charge is -2.11. The molecule has 0 radical (unpaired) electrons. The van der Waals surface area contributed by atoms with Gasteiger partial charge in [-0.05, 0) is 0 Å². The Morgan fingerprint density at radius 3 is 2.68 bits per heavy atom. The lowest BCUT2D eigenvalue weighted by Crippen LogP contribution is -2.29. The minimum absolute atomic E-state index is 0.0232. The SMILES string of the molecule is CC(=O)/N=C(/CCSC(N=C(N)N)c1cscn1)NC(C)=O. The molecule has 1 atom stereocenters. The predicted octanol–water partition coefficient (Wildman–Crippen LogP) is 0.619. The molecule has 1 aromatic rings. The number of nitrogens with zero attached hydrogens (tertiary/aromatic N) is 3. The minimum Gasteiger partial charge on any atom is -0.370 e. The summed E-state index contributed by atoms with van der Waals surface area (Å²) in [5, 5.41) is 4.08. The topological polar surface area (TPSA) is 136 Å². The molecule has 1 heterocycles. The fourth-order valence-corrected chi connectivity index (χ4v) is 3.16. The van der Waals surface area contributed by atoms with Crippen molar-refractivity contribution in [2.45, 2.75) is 25.6 Å². The third kappa shape index (κ3) is 7.18. The van der Waals surface area contributed by atoms with Crippen molar-refractivity contribution in [1.82, 2.24) is 10.3 Å². The molecule has 0 saturated carbocycles. The molecule has 1 aromatic heterocycles. The highest BCUT2D eigenvalue weighted by molar-refractivity contribution is 7.99. The second-order valence-corrected chi connectivity index (χ2v) is 6.11. The maximum atomic E-state index is 11.1. The first-order valence-corrected chi connectivity index (χ1v) is 8.31. The Kier molecular flexibility index (Phi) is 7.54. The van der Waals surface area contributed by atoms with Gasteiger partial charge in [0.25, 0.3) is 0 Å². The molecular formula is C12H18N6O2S2. The normalized spacial score (nSPS) is 12.5. The molecule has 2 amide bonds. The average molecular weight is 342 g/mol. The third-order valence-corrected chi connectivity index (χ3v) is 3.91. The molecule has 22 heavy (non-hydrogen) atoms. The highest BCUT2D eigenvalue weighted by Gasteiger charge is 2.14. The molecule has 0 bridgehead atoms. The molecule has 120 valence electrons. The first-order chi connectivity index (χ1) is 10.4. The quantitative estimate of drug-likeness (QED) is 0.512. The molecule has 5 N–H and O–H groups in total. The van der Waals surface area contributed by atoms with Crippen molar-refractivity contribution >= 4 is 46.7 Å². The van der Waals surface area contributed by atoms with E-state index in [9.17, 15) is 9.59 Å². The van der Waals surface area contributed by atoms with Crippen LogP contribution in [0.5, 0.6) is 0 Å². The van der Waals surface area contributed by atoms with E-state index in [-0.39, 0.29) is 23.1 Å². The van der Waals surface area contributed by atoms with Crippen molar-refractivity contribution in [3.05, 3.63) is 16.6 Å². The van der Waals surface area contributed by atoms with Crippen LogP contribution in [0.15, 0.2) is 20.9 Å². The van der Waals surface area contributed by atoms with Crippen LogP contribution in [0.1, 0.15) is 31.3 Å². The summed E-state index contributed by atoms with van der Waals surface area (Å²) in [5.74, 6) is 0.226. The zero-order valence-electron chi connectivity index (χ0n) is 12.3. The van der Waals surface area contributed by atoms with Gasteiger partial charge in [-0.15, -0.1) is 23.1 Å². The van der Waals surface area contributed by atoms with Crippen LogP contribution in [-0.4, -0.2) is 34.3 Å². The Morgan fingerprint density at radius 1 is 1.45 bits per heavy atom. The highest BCUT2D eigenvalue weighted by atomic mass is 32.2. The molecule has 1 rings (SSSR count). The van der Waals surface area contributed by atoms with Gasteiger partial charge in [-0.3, -0.25) is 9.59 Å². The van der Waals surface area contributed by atoms with Crippen LogP contribution in [-0.2, 0) is 9.59 Å². The number of rotatable bonds is 6. The van der Waals surface area contributed by atoms with Gasteiger partial charge in [0.15, 0.2) is 5.96 Å². The number of carbonyl (C=O) groups excluding carboxylic acids is 2. The second-order valence-electron chi connectivity index (χ2n) is 4.20. The summed E-state index contributed by atoms with van der Waals surface area (Å²) in [7, 11) is 0. The molecule has 0 fully saturated rings. The van der Waals surface area contributed by atoms with Gasteiger partial charge in [0.2, 0.25) is 11.8 Å². The van der Waals surface area contributed by atoms with E-state index in [2.05, 4.69) is 20.3 Å². The van der Waals surface area contributed by atoms with E-state index >= 15 is 0 Å². The second kappa shape index (κ2) is 9.15. The minimum atomic E-state index is -0.367. The van der Waals surface area contributed by atoms with E-state index in [1.807, 2.05) is 5.38 Å². The predicted molar refractivity (Wildman–Crippen MR) is 89.7 cm³/mol. The van der Waals surface area contributed by atoms with Gasteiger partial charge < -0.3 is 16.8 Å². The number of amides is 2. The number of thiazole rings is 1. The number of thioether (sulfide) groups is 1.